The minimum atomic E-state index is -2.73. The number of pyridine rings is 1. The summed E-state index contributed by atoms with van der Waals surface area (Å²) in [5, 5.41) is 30.9. The van der Waals surface area contributed by atoms with Crippen molar-refractivity contribution in [3.63, 3.8) is 0 Å². The van der Waals surface area contributed by atoms with Crippen molar-refractivity contribution < 1.29 is 29.5 Å². The molecule has 1 heterocycles. The molecule has 112 valence electrons. The number of carboxylic acids is 2. The van der Waals surface area contributed by atoms with Crippen molar-refractivity contribution in [2.45, 2.75) is 18.9 Å². The summed E-state index contributed by atoms with van der Waals surface area (Å²) in [5.74, 6) is -4.62. The van der Waals surface area contributed by atoms with Gasteiger partial charge in [0.2, 0.25) is 11.4 Å². The normalized spacial score (nSPS) is 10.7. The number of nitrogens with zero attached hydrogens (tertiary/aromatic N) is 2. The topological polar surface area (TPSA) is 160 Å². The fourth-order valence-electron chi connectivity index (χ4n) is 1.68. The average Bonchev–Trinajstić information content (AvgIpc) is 2.37. The lowest BCUT2D eigenvalue weighted by Gasteiger charge is -2.24. The van der Waals surface area contributed by atoms with Gasteiger partial charge in [-0.15, -0.1) is 0 Å². The van der Waals surface area contributed by atoms with Gasteiger partial charge in [-0.1, -0.05) is 0 Å². The maximum atomic E-state index is 11.3. The minimum Gasteiger partial charge on any atom is -0.479 e. The predicted molar refractivity (Wildman–Crippen MR) is 66.4 cm³/mol. The number of hydrogen-bond donors (Lipinski definition) is 3. The van der Waals surface area contributed by atoms with E-state index in [1.807, 2.05) is 0 Å². The standard InChI is InChI=1S/C11H11N3O7/c1-6(15)13-11(9(16)17,10(18)19)5-7-8(14(20)21)3-2-4-12-7/h2-4H,5H2,1H3,(H,13,15)(H,16,17)(H,18,19). The van der Waals surface area contributed by atoms with Crippen LogP contribution >= 0.6 is 0 Å². The summed E-state index contributed by atoms with van der Waals surface area (Å²) in [4.78, 5) is 47.3. The van der Waals surface area contributed by atoms with Crippen LogP contribution in [0, 0.1) is 10.1 Å². The van der Waals surface area contributed by atoms with Crippen LogP contribution in [0.15, 0.2) is 18.3 Å². The molecule has 0 fully saturated rings. The van der Waals surface area contributed by atoms with Crippen LogP contribution in [0.3, 0.4) is 0 Å². The quantitative estimate of drug-likeness (QED) is 0.362. The summed E-state index contributed by atoms with van der Waals surface area (Å²) >= 11 is 0. The van der Waals surface area contributed by atoms with E-state index in [1.165, 1.54) is 6.07 Å². The largest absolute Gasteiger partial charge is 0.479 e. The predicted octanol–water partition coefficient (Wildman–Crippen LogP) is -0.424. The molecule has 10 heteroatoms. The van der Waals surface area contributed by atoms with Crippen molar-refractivity contribution in [1.82, 2.24) is 10.3 Å². The first-order chi connectivity index (χ1) is 9.70. The summed E-state index contributed by atoms with van der Waals surface area (Å²) in [6.07, 6.45) is 0.291. The Bertz CT molecular complexity index is 600. The zero-order valence-corrected chi connectivity index (χ0v) is 10.8. The van der Waals surface area contributed by atoms with E-state index in [4.69, 9.17) is 10.2 Å². The van der Waals surface area contributed by atoms with Gasteiger partial charge in [-0.3, -0.25) is 19.9 Å². The number of aliphatic carboxylic acids is 2. The van der Waals surface area contributed by atoms with Crippen molar-refractivity contribution in [2.75, 3.05) is 0 Å². The van der Waals surface area contributed by atoms with Crippen LogP contribution in [-0.2, 0) is 20.8 Å². The van der Waals surface area contributed by atoms with Crippen molar-refractivity contribution in [2.24, 2.45) is 0 Å². The summed E-state index contributed by atoms with van der Waals surface area (Å²) in [5.41, 5.74) is -3.62. The molecule has 3 N–H and O–H groups in total. The van der Waals surface area contributed by atoms with Crippen molar-refractivity contribution >= 4 is 23.5 Å². The molecular formula is C11H11N3O7. The van der Waals surface area contributed by atoms with Crippen LogP contribution in [0.25, 0.3) is 0 Å². The van der Waals surface area contributed by atoms with Gasteiger partial charge in [0.25, 0.3) is 5.69 Å². The van der Waals surface area contributed by atoms with Crippen LogP contribution < -0.4 is 5.32 Å². The maximum Gasteiger partial charge on any atom is 0.341 e. The van der Waals surface area contributed by atoms with E-state index in [2.05, 4.69) is 4.98 Å². The van der Waals surface area contributed by atoms with E-state index in [9.17, 15) is 24.5 Å². The van der Waals surface area contributed by atoms with E-state index in [0.717, 1.165) is 19.2 Å². The van der Waals surface area contributed by atoms with Gasteiger partial charge in [-0.2, -0.15) is 0 Å². The van der Waals surface area contributed by atoms with Gasteiger partial charge >= 0.3 is 11.9 Å². The summed E-state index contributed by atoms with van der Waals surface area (Å²) < 4.78 is 0. The van der Waals surface area contributed by atoms with Gasteiger partial charge in [0.1, 0.15) is 5.69 Å². The Hall–Kier alpha value is -3.04. The molecule has 0 bridgehead atoms. The molecule has 0 radical (unpaired) electrons. The molecule has 1 aromatic rings. The van der Waals surface area contributed by atoms with Gasteiger partial charge in [-0.05, 0) is 6.07 Å². The highest BCUT2D eigenvalue weighted by Crippen LogP contribution is 2.22. The molecular weight excluding hydrogens is 286 g/mol. The van der Waals surface area contributed by atoms with Gasteiger partial charge in [0.05, 0.1) is 4.92 Å². The highest BCUT2D eigenvalue weighted by Gasteiger charge is 2.49. The fourth-order valence-corrected chi connectivity index (χ4v) is 1.68. The first-order valence-corrected chi connectivity index (χ1v) is 5.54. The number of aromatic nitrogens is 1. The molecule has 0 aliphatic rings. The molecule has 0 unspecified atom stereocenters. The molecule has 10 nitrogen and oxygen atoms in total. The molecule has 21 heavy (non-hydrogen) atoms. The lowest BCUT2D eigenvalue weighted by atomic mass is 9.92. The second-order valence-corrected chi connectivity index (χ2v) is 4.10. The zero-order chi connectivity index (χ0) is 16.2. The van der Waals surface area contributed by atoms with Crippen LogP contribution in [-0.4, -0.2) is 43.5 Å². The van der Waals surface area contributed by atoms with Crippen molar-refractivity contribution in [1.29, 1.82) is 0 Å². The Balaban J connectivity index is 3.37. The number of carbonyl (C=O) groups excluding carboxylic acids is 1. The number of rotatable bonds is 6. The third kappa shape index (κ3) is 3.29. The molecule has 0 atom stereocenters. The number of nitro groups is 1. The van der Waals surface area contributed by atoms with Crippen LogP contribution in [0.5, 0.6) is 0 Å². The van der Waals surface area contributed by atoms with Gasteiger partial charge < -0.3 is 15.5 Å². The molecule has 1 aromatic heterocycles. The lowest BCUT2D eigenvalue weighted by molar-refractivity contribution is -0.386. The molecule has 1 rings (SSSR count). The Kier molecular flexibility index (Phi) is 4.53. The van der Waals surface area contributed by atoms with Gasteiger partial charge in [0.15, 0.2) is 0 Å². The summed E-state index contributed by atoms with van der Waals surface area (Å²) in [6.45, 7) is 0.938. The Morgan fingerprint density at radius 2 is 1.95 bits per heavy atom. The smallest absolute Gasteiger partial charge is 0.341 e. The Morgan fingerprint density at radius 1 is 1.38 bits per heavy atom. The van der Waals surface area contributed by atoms with E-state index in [1.54, 1.807) is 5.32 Å². The fraction of sp³-hybridized carbons (Fsp3) is 0.273. The SMILES string of the molecule is CC(=O)NC(Cc1ncccc1[N+](=O)[O-])(C(=O)O)C(=O)O. The first kappa shape index (κ1) is 16.0. The van der Waals surface area contributed by atoms with Crippen LogP contribution in [0.1, 0.15) is 12.6 Å². The van der Waals surface area contributed by atoms with Crippen molar-refractivity contribution in [3.05, 3.63) is 34.1 Å². The summed E-state index contributed by atoms with van der Waals surface area (Å²) in [6, 6.07) is 2.31. The highest BCUT2D eigenvalue weighted by molar-refractivity contribution is 6.06. The number of nitrogens with one attached hydrogen (secondary N) is 1. The number of carboxylic acid groups (broad SMARTS) is 2. The monoisotopic (exact) mass is 297 g/mol. The van der Waals surface area contributed by atoms with Gasteiger partial charge in [0, 0.05) is 25.6 Å². The third-order valence-corrected chi connectivity index (χ3v) is 2.62. The number of carbonyl (C=O) groups is 3. The van der Waals surface area contributed by atoms with Crippen molar-refractivity contribution in [3.8, 4) is 0 Å². The van der Waals surface area contributed by atoms with E-state index >= 15 is 0 Å². The molecule has 0 saturated heterocycles. The van der Waals surface area contributed by atoms with E-state index in [-0.39, 0.29) is 5.69 Å². The van der Waals surface area contributed by atoms with E-state index in [0.29, 0.717) is 0 Å². The molecule has 0 aromatic carbocycles. The number of amides is 1. The second kappa shape index (κ2) is 5.94. The molecule has 0 spiro atoms. The number of hydrogen-bond acceptors (Lipinski definition) is 6. The van der Waals surface area contributed by atoms with Crippen LogP contribution in [0.2, 0.25) is 0 Å². The zero-order valence-electron chi connectivity index (χ0n) is 10.8. The Morgan fingerprint density at radius 3 is 2.38 bits per heavy atom. The van der Waals surface area contributed by atoms with E-state index < -0.39 is 40.4 Å². The molecule has 1 amide bonds. The minimum absolute atomic E-state index is 0.360. The molecule has 0 aliphatic carbocycles. The molecule has 0 saturated carbocycles. The van der Waals surface area contributed by atoms with Crippen LogP contribution in [0.4, 0.5) is 5.69 Å². The second-order valence-electron chi connectivity index (χ2n) is 4.10. The third-order valence-electron chi connectivity index (χ3n) is 2.62. The molecule has 0 aliphatic heterocycles. The van der Waals surface area contributed by atoms with Gasteiger partial charge in [-0.25, -0.2) is 9.59 Å². The highest BCUT2D eigenvalue weighted by atomic mass is 16.6. The Labute approximate surface area is 117 Å². The summed E-state index contributed by atoms with van der Waals surface area (Å²) in [7, 11) is 0. The maximum absolute atomic E-state index is 11.3. The lowest BCUT2D eigenvalue weighted by Crippen LogP contribution is -2.61. The first-order valence-electron chi connectivity index (χ1n) is 5.54. The average molecular weight is 297 g/mol.